The van der Waals surface area contributed by atoms with Crippen LogP contribution in [-0.4, -0.2) is 16.3 Å². The van der Waals surface area contributed by atoms with Crippen LogP contribution in [-0.2, 0) is 11.3 Å². The third kappa shape index (κ3) is 4.05. The van der Waals surface area contributed by atoms with Crippen LogP contribution in [0.2, 0.25) is 0 Å². The van der Waals surface area contributed by atoms with Crippen LogP contribution in [0.5, 0.6) is 0 Å². The number of oxazole rings is 1. The Morgan fingerprint density at radius 1 is 0.968 bits per heavy atom. The van der Waals surface area contributed by atoms with E-state index >= 15 is 0 Å². The lowest BCUT2D eigenvalue weighted by Gasteiger charge is -2.26. The van der Waals surface area contributed by atoms with Crippen molar-refractivity contribution in [2.45, 2.75) is 26.4 Å². The Hall–Kier alpha value is -3.93. The first-order valence-electron chi connectivity index (χ1n) is 10.0. The Balaban J connectivity index is 1.74. The fourth-order valence-corrected chi connectivity index (χ4v) is 3.63. The maximum Gasteiger partial charge on any atom is 0.420 e. The molecule has 0 bridgehead atoms. The van der Waals surface area contributed by atoms with E-state index in [0.717, 1.165) is 11.3 Å². The SMILES string of the molecule is CC(=O)c1ccc2c(c1)oc(=O)n2C(C)C(=O)N(Cc1ccccc1)c1ccccc1. The second-order valence-electron chi connectivity index (χ2n) is 7.40. The van der Waals surface area contributed by atoms with E-state index in [9.17, 15) is 14.4 Å². The van der Waals surface area contributed by atoms with E-state index in [1.165, 1.54) is 17.6 Å². The summed E-state index contributed by atoms with van der Waals surface area (Å²) in [6.45, 7) is 3.50. The van der Waals surface area contributed by atoms with Gasteiger partial charge in [-0.3, -0.25) is 14.2 Å². The monoisotopic (exact) mass is 414 g/mol. The van der Waals surface area contributed by atoms with Crippen molar-refractivity contribution in [1.82, 2.24) is 4.57 Å². The van der Waals surface area contributed by atoms with Gasteiger partial charge in [-0.25, -0.2) is 4.79 Å². The molecule has 1 heterocycles. The normalized spacial score (nSPS) is 11.9. The lowest BCUT2D eigenvalue weighted by Crippen LogP contribution is -2.38. The quantitative estimate of drug-likeness (QED) is 0.433. The average Bonchev–Trinajstić information content (AvgIpc) is 3.12. The third-order valence-corrected chi connectivity index (χ3v) is 5.28. The zero-order chi connectivity index (χ0) is 22.0. The van der Waals surface area contributed by atoms with Crippen LogP contribution < -0.4 is 10.7 Å². The second kappa shape index (κ2) is 8.44. The molecule has 0 aliphatic heterocycles. The summed E-state index contributed by atoms with van der Waals surface area (Å²) < 4.78 is 6.69. The molecule has 6 heteroatoms. The molecule has 0 aliphatic rings. The van der Waals surface area contributed by atoms with Gasteiger partial charge in [-0.2, -0.15) is 0 Å². The van der Waals surface area contributed by atoms with E-state index in [4.69, 9.17) is 4.42 Å². The van der Waals surface area contributed by atoms with Gasteiger partial charge in [0.05, 0.1) is 12.1 Å². The number of carbonyl (C=O) groups is 2. The van der Waals surface area contributed by atoms with Crippen molar-refractivity contribution in [1.29, 1.82) is 0 Å². The molecule has 31 heavy (non-hydrogen) atoms. The first kappa shape index (κ1) is 20.3. The number of carbonyl (C=O) groups excluding carboxylic acids is 2. The Bertz CT molecular complexity index is 1290. The fraction of sp³-hybridized carbons (Fsp3) is 0.160. The van der Waals surface area contributed by atoms with Gasteiger partial charge in [-0.15, -0.1) is 0 Å². The van der Waals surface area contributed by atoms with E-state index in [-0.39, 0.29) is 17.3 Å². The van der Waals surface area contributed by atoms with Gasteiger partial charge in [-0.1, -0.05) is 48.5 Å². The smallest absolute Gasteiger partial charge is 0.408 e. The van der Waals surface area contributed by atoms with Gasteiger partial charge in [0.15, 0.2) is 11.4 Å². The minimum Gasteiger partial charge on any atom is -0.408 e. The van der Waals surface area contributed by atoms with E-state index in [0.29, 0.717) is 17.6 Å². The number of Topliss-reactive ketones (excluding diaryl/α,β-unsaturated/α-hetero) is 1. The van der Waals surface area contributed by atoms with Crippen LogP contribution in [0.3, 0.4) is 0 Å². The molecule has 0 saturated carbocycles. The van der Waals surface area contributed by atoms with Crippen molar-refractivity contribution in [2.75, 3.05) is 4.90 Å². The van der Waals surface area contributed by atoms with Crippen LogP contribution in [0.1, 0.15) is 35.8 Å². The van der Waals surface area contributed by atoms with Gasteiger partial charge in [0.2, 0.25) is 5.91 Å². The van der Waals surface area contributed by atoms with Gasteiger partial charge >= 0.3 is 5.76 Å². The van der Waals surface area contributed by atoms with Crippen molar-refractivity contribution in [3.8, 4) is 0 Å². The lowest BCUT2D eigenvalue weighted by atomic mass is 10.1. The summed E-state index contributed by atoms with van der Waals surface area (Å²) in [6, 6.07) is 23.0. The highest BCUT2D eigenvalue weighted by molar-refractivity contribution is 5.98. The number of amides is 1. The largest absolute Gasteiger partial charge is 0.420 e. The van der Waals surface area contributed by atoms with Crippen LogP contribution in [0, 0.1) is 0 Å². The Labute approximate surface area is 179 Å². The number of hydrogen-bond donors (Lipinski definition) is 0. The highest BCUT2D eigenvalue weighted by atomic mass is 16.4. The highest BCUT2D eigenvalue weighted by Gasteiger charge is 2.27. The van der Waals surface area contributed by atoms with Gasteiger partial charge in [0.1, 0.15) is 6.04 Å². The third-order valence-electron chi connectivity index (χ3n) is 5.28. The highest BCUT2D eigenvalue weighted by Crippen LogP contribution is 2.24. The molecular formula is C25H22N2O4. The summed E-state index contributed by atoms with van der Waals surface area (Å²) in [6.07, 6.45) is 0. The number of nitrogens with zero attached hydrogens (tertiary/aromatic N) is 2. The van der Waals surface area contributed by atoms with Crippen LogP contribution in [0.25, 0.3) is 11.1 Å². The zero-order valence-corrected chi connectivity index (χ0v) is 17.3. The summed E-state index contributed by atoms with van der Waals surface area (Å²) in [5.74, 6) is -1.00. The summed E-state index contributed by atoms with van der Waals surface area (Å²) in [7, 11) is 0. The average molecular weight is 414 g/mol. The predicted octanol–water partition coefficient (Wildman–Crippen LogP) is 4.59. The molecule has 156 valence electrons. The molecule has 0 saturated heterocycles. The van der Waals surface area contributed by atoms with E-state index in [1.54, 1.807) is 24.0 Å². The topological polar surface area (TPSA) is 72.5 Å². The molecule has 0 N–H and O–H groups in total. The molecule has 0 aliphatic carbocycles. The fourth-order valence-electron chi connectivity index (χ4n) is 3.63. The number of anilines is 1. The van der Waals surface area contributed by atoms with Gasteiger partial charge < -0.3 is 9.32 Å². The zero-order valence-electron chi connectivity index (χ0n) is 17.3. The number of ketones is 1. The number of aromatic nitrogens is 1. The van der Waals surface area contributed by atoms with Crippen LogP contribution in [0.15, 0.2) is 88.1 Å². The van der Waals surface area contributed by atoms with Crippen molar-refractivity contribution in [3.63, 3.8) is 0 Å². The minimum absolute atomic E-state index is 0.125. The Morgan fingerprint density at radius 2 is 1.61 bits per heavy atom. The summed E-state index contributed by atoms with van der Waals surface area (Å²) in [5.41, 5.74) is 2.92. The number of para-hydroxylation sites is 1. The van der Waals surface area contributed by atoms with Crippen molar-refractivity contribution >= 4 is 28.5 Å². The van der Waals surface area contributed by atoms with Crippen LogP contribution >= 0.6 is 0 Å². The molecule has 6 nitrogen and oxygen atoms in total. The molecule has 3 aromatic carbocycles. The number of benzene rings is 3. The number of fused-ring (bicyclic) bond motifs is 1. The van der Waals surface area contributed by atoms with Crippen molar-refractivity contribution < 1.29 is 14.0 Å². The standard InChI is InChI=1S/C25H22N2O4/c1-17(27-22-14-13-20(18(2)28)15-23(22)31-25(27)30)24(29)26(21-11-7-4-8-12-21)16-19-9-5-3-6-10-19/h3-15,17H,16H2,1-2H3. The molecule has 0 spiro atoms. The summed E-state index contributed by atoms with van der Waals surface area (Å²) in [5, 5.41) is 0. The Kier molecular flexibility index (Phi) is 5.54. The number of hydrogen-bond acceptors (Lipinski definition) is 4. The lowest BCUT2D eigenvalue weighted by molar-refractivity contribution is -0.121. The van der Waals surface area contributed by atoms with Gasteiger partial charge in [-0.05, 0) is 49.7 Å². The molecule has 1 atom stereocenters. The molecule has 1 unspecified atom stereocenters. The molecule has 1 amide bonds. The van der Waals surface area contributed by atoms with E-state index < -0.39 is 11.8 Å². The number of rotatable bonds is 6. The first-order valence-corrected chi connectivity index (χ1v) is 10.0. The molecule has 0 fully saturated rings. The molecular weight excluding hydrogens is 392 g/mol. The Morgan fingerprint density at radius 3 is 2.26 bits per heavy atom. The van der Waals surface area contributed by atoms with Gasteiger partial charge in [0, 0.05) is 11.3 Å². The van der Waals surface area contributed by atoms with Crippen LogP contribution in [0.4, 0.5) is 5.69 Å². The first-order chi connectivity index (χ1) is 15.0. The minimum atomic E-state index is -0.805. The molecule has 4 aromatic rings. The van der Waals surface area contributed by atoms with E-state index in [2.05, 4.69) is 0 Å². The predicted molar refractivity (Wildman–Crippen MR) is 119 cm³/mol. The van der Waals surface area contributed by atoms with Crippen molar-refractivity contribution in [3.05, 3.63) is 101 Å². The van der Waals surface area contributed by atoms with Crippen molar-refractivity contribution in [2.24, 2.45) is 0 Å². The van der Waals surface area contributed by atoms with E-state index in [1.807, 2.05) is 60.7 Å². The van der Waals surface area contributed by atoms with Gasteiger partial charge in [0.25, 0.3) is 0 Å². The maximum absolute atomic E-state index is 13.6. The maximum atomic E-state index is 13.6. The second-order valence-corrected chi connectivity index (χ2v) is 7.40. The molecule has 1 aromatic heterocycles. The molecule has 0 radical (unpaired) electrons. The molecule has 4 rings (SSSR count). The summed E-state index contributed by atoms with van der Waals surface area (Å²) in [4.78, 5) is 39.5. The summed E-state index contributed by atoms with van der Waals surface area (Å²) >= 11 is 0.